The van der Waals surface area contributed by atoms with Gasteiger partial charge in [0.15, 0.2) is 0 Å². The van der Waals surface area contributed by atoms with E-state index in [9.17, 15) is 24.5 Å². The molecule has 0 fully saturated rings. The van der Waals surface area contributed by atoms with Gasteiger partial charge in [-0.25, -0.2) is 9.78 Å². The second kappa shape index (κ2) is 10.8. The highest BCUT2D eigenvalue weighted by Crippen LogP contribution is 2.30. The molecule has 0 saturated carbocycles. The number of nitro groups is 1. The summed E-state index contributed by atoms with van der Waals surface area (Å²) in [5, 5.41) is 15.0. The summed E-state index contributed by atoms with van der Waals surface area (Å²) in [6.07, 6.45) is -0.286. The number of benzene rings is 3. The maximum atomic E-state index is 13.8. The maximum Gasteiger partial charge on any atom is 0.329 e. The van der Waals surface area contributed by atoms with Gasteiger partial charge in [-0.15, -0.1) is 0 Å². The minimum Gasteiger partial charge on any atom is -0.469 e. The van der Waals surface area contributed by atoms with Crippen molar-refractivity contribution >= 4 is 45.3 Å². The van der Waals surface area contributed by atoms with Crippen molar-refractivity contribution in [3.63, 3.8) is 0 Å². The van der Waals surface area contributed by atoms with Crippen LogP contribution in [0.15, 0.2) is 72.8 Å². The van der Waals surface area contributed by atoms with E-state index >= 15 is 0 Å². The average molecular weight is 501 g/mol. The minimum absolute atomic E-state index is 0.158. The third-order valence-corrected chi connectivity index (χ3v) is 6.11. The van der Waals surface area contributed by atoms with Crippen LogP contribution in [0.5, 0.6) is 0 Å². The summed E-state index contributed by atoms with van der Waals surface area (Å²) in [5.74, 6) is -2.92. The van der Waals surface area contributed by atoms with Crippen LogP contribution in [0, 0.1) is 10.1 Å². The number of para-hydroxylation sites is 2. The fourth-order valence-corrected chi connectivity index (χ4v) is 4.28. The Kier molecular flexibility index (Phi) is 7.38. The molecule has 0 saturated heterocycles. The molecule has 0 spiro atoms. The molecule has 4 rings (SSSR count). The number of carbonyl (C=O) groups is 3. The Morgan fingerprint density at radius 3 is 1.97 bits per heavy atom. The quantitative estimate of drug-likeness (QED) is 0.166. The molecular weight excluding hydrogens is 478 g/mol. The Bertz CT molecular complexity index is 1450. The standard InChI is InChI=1S/C27H23N3O7/c1-36-23(31)15-20(16-11-13-17(14-12-16)30(34)35)25(27(33)37-2)29-26(32)24-18-7-3-5-9-21(18)28-22-10-6-4-8-19(22)24/h3-14,20,25H,15H2,1-2H3,(H,29,32)/t20-,25+/m0/s1. The number of esters is 2. The molecule has 1 aromatic heterocycles. The number of nitrogens with one attached hydrogen (secondary N) is 1. The number of nitro benzene ring substituents is 1. The number of pyridine rings is 1. The summed E-state index contributed by atoms with van der Waals surface area (Å²) >= 11 is 0. The van der Waals surface area contributed by atoms with Crippen LogP contribution in [0.25, 0.3) is 21.8 Å². The Morgan fingerprint density at radius 1 is 0.892 bits per heavy atom. The number of nitrogens with zero attached hydrogens (tertiary/aromatic N) is 2. The normalized spacial score (nSPS) is 12.5. The fraction of sp³-hybridized carbons (Fsp3) is 0.185. The average Bonchev–Trinajstić information content (AvgIpc) is 2.92. The number of hydrogen-bond donors (Lipinski definition) is 1. The summed E-state index contributed by atoms with van der Waals surface area (Å²) in [4.78, 5) is 54.2. The number of rotatable bonds is 8. The van der Waals surface area contributed by atoms with Gasteiger partial charge in [0, 0.05) is 28.8 Å². The fourth-order valence-electron chi connectivity index (χ4n) is 4.28. The van der Waals surface area contributed by atoms with Gasteiger partial charge in [0.1, 0.15) is 6.04 Å². The van der Waals surface area contributed by atoms with Crippen molar-refractivity contribution in [2.24, 2.45) is 0 Å². The topological polar surface area (TPSA) is 138 Å². The summed E-state index contributed by atoms with van der Waals surface area (Å²) < 4.78 is 9.79. The number of methoxy groups -OCH3 is 2. The van der Waals surface area contributed by atoms with Gasteiger partial charge in [-0.3, -0.25) is 19.7 Å². The van der Waals surface area contributed by atoms with Gasteiger partial charge in [-0.05, 0) is 17.7 Å². The zero-order valence-corrected chi connectivity index (χ0v) is 20.0. The van der Waals surface area contributed by atoms with Gasteiger partial charge in [-0.2, -0.15) is 0 Å². The molecule has 0 aliphatic heterocycles. The number of carbonyl (C=O) groups excluding carboxylic acids is 3. The van der Waals surface area contributed by atoms with Gasteiger partial charge >= 0.3 is 11.9 Å². The number of non-ortho nitro benzene ring substituents is 1. The molecule has 0 aliphatic carbocycles. The number of aromatic nitrogens is 1. The van der Waals surface area contributed by atoms with E-state index in [2.05, 4.69) is 10.3 Å². The predicted octanol–water partition coefficient (Wildman–Crippen LogP) is 3.91. The predicted molar refractivity (Wildman–Crippen MR) is 135 cm³/mol. The van der Waals surface area contributed by atoms with Crippen molar-refractivity contribution in [3.8, 4) is 0 Å². The Labute approximate surface area is 211 Å². The molecule has 1 N–H and O–H groups in total. The van der Waals surface area contributed by atoms with Crippen LogP contribution in [0.2, 0.25) is 0 Å². The molecule has 1 amide bonds. The molecule has 10 nitrogen and oxygen atoms in total. The van der Waals surface area contributed by atoms with Crippen molar-refractivity contribution in [1.29, 1.82) is 0 Å². The van der Waals surface area contributed by atoms with E-state index in [1.807, 2.05) is 12.1 Å². The molecular formula is C27H23N3O7. The summed E-state index contributed by atoms with van der Waals surface area (Å²) in [5.41, 5.74) is 1.77. The number of hydrogen-bond acceptors (Lipinski definition) is 8. The van der Waals surface area contributed by atoms with Crippen molar-refractivity contribution in [2.45, 2.75) is 18.4 Å². The lowest BCUT2D eigenvalue weighted by Gasteiger charge is -2.26. The SMILES string of the molecule is COC(=O)C[C@@H](c1ccc([N+](=O)[O-])cc1)[C@@H](NC(=O)c1c2ccccc2nc2ccccc12)C(=O)OC. The van der Waals surface area contributed by atoms with Crippen molar-refractivity contribution in [1.82, 2.24) is 10.3 Å². The van der Waals surface area contributed by atoms with Crippen LogP contribution in [-0.4, -0.2) is 48.0 Å². The van der Waals surface area contributed by atoms with E-state index < -0.39 is 34.7 Å². The molecule has 1 heterocycles. The van der Waals surface area contributed by atoms with Crippen LogP contribution in [0.4, 0.5) is 5.69 Å². The number of fused-ring (bicyclic) bond motifs is 2. The first-order chi connectivity index (χ1) is 17.8. The zero-order chi connectivity index (χ0) is 26.5. The third kappa shape index (κ3) is 5.22. The highest BCUT2D eigenvalue weighted by molar-refractivity contribution is 6.16. The smallest absolute Gasteiger partial charge is 0.329 e. The van der Waals surface area contributed by atoms with E-state index in [1.165, 1.54) is 38.5 Å². The summed E-state index contributed by atoms with van der Waals surface area (Å²) in [6, 6.07) is 18.4. The van der Waals surface area contributed by atoms with Crippen LogP contribution in [0.3, 0.4) is 0 Å². The third-order valence-electron chi connectivity index (χ3n) is 6.11. The molecule has 10 heteroatoms. The van der Waals surface area contributed by atoms with Crippen LogP contribution in [-0.2, 0) is 19.1 Å². The lowest BCUT2D eigenvalue weighted by atomic mass is 9.87. The second-order valence-electron chi connectivity index (χ2n) is 8.23. The van der Waals surface area contributed by atoms with E-state index in [4.69, 9.17) is 9.47 Å². The lowest BCUT2D eigenvalue weighted by Crippen LogP contribution is -2.46. The molecule has 0 aliphatic rings. The van der Waals surface area contributed by atoms with E-state index in [-0.39, 0.29) is 12.1 Å². The largest absolute Gasteiger partial charge is 0.469 e. The zero-order valence-electron chi connectivity index (χ0n) is 20.0. The van der Waals surface area contributed by atoms with Crippen LogP contribution < -0.4 is 5.32 Å². The Balaban J connectivity index is 1.81. The number of amides is 1. The van der Waals surface area contributed by atoms with Gasteiger partial charge in [0.25, 0.3) is 11.6 Å². The Morgan fingerprint density at radius 2 is 1.46 bits per heavy atom. The van der Waals surface area contributed by atoms with Crippen LogP contribution in [0.1, 0.15) is 28.3 Å². The van der Waals surface area contributed by atoms with Crippen molar-refractivity contribution in [3.05, 3.63) is 94.0 Å². The highest BCUT2D eigenvalue weighted by atomic mass is 16.6. The van der Waals surface area contributed by atoms with Crippen LogP contribution >= 0.6 is 0 Å². The van der Waals surface area contributed by atoms with E-state index in [1.54, 1.807) is 36.4 Å². The second-order valence-corrected chi connectivity index (χ2v) is 8.23. The minimum atomic E-state index is -1.30. The first-order valence-corrected chi connectivity index (χ1v) is 11.3. The van der Waals surface area contributed by atoms with Gasteiger partial charge in [-0.1, -0.05) is 48.5 Å². The van der Waals surface area contributed by atoms with Gasteiger partial charge in [0.05, 0.1) is 42.2 Å². The molecule has 188 valence electrons. The van der Waals surface area contributed by atoms with E-state index in [0.717, 1.165) is 0 Å². The summed E-state index contributed by atoms with van der Waals surface area (Å²) in [6.45, 7) is 0. The lowest BCUT2D eigenvalue weighted by molar-refractivity contribution is -0.384. The molecule has 3 aromatic carbocycles. The number of ether oxygens (including phenoxy) is 2. The molecule has 2 atom stereocenters. The summed E-state index contributed by atoms with van der Waals surface area (Å²) in [7, 11) is 2.37. The molecule has 0 radical (unpaired) electrons. The molecule has 37 heavy (non-hydrogen) atoms. The van der Waals surface area contributed by atoms with E-state index in [0.29, 0.717) is 32.9 Å². The highest BCUT2D eigenvalue weighted by Gasteiger charge is 2.35. The van der Waals surface area contributed by atoms with Crippen molar-refractivity contribution < 1.29 is 28.8 Å². The molecule has 4 aromatic rings. The maximum absolute atomic E-state index is 13.8. The first-order valence-electron chi connectivity index (χ1n) is 11.3. The van der Waals surface area contributed by atoms with Crippen molar-refractivity contribution in [2.75, 3.05) is 14.2 Å². The Hall–Kier alpha value is -4.86. The first kappa shape index (κ1) is 25.2. The van der Waals surface area contributed by atoms with Gasteiger partial charge < -0.3 is 14.8 Å². The molecule has 0 bridgehead atoms. The van der Waals surface area contributed by atoms with Gasteiger partial charge in [0.2, 0.25) is 0 Å². The monoisotopic (exact) mass is 501 g/mol. The molecule has 0 unspecified atom stereocenters.